The number of thioether (sulfide) groups is 1. The monoisotopic (exact) mass is 326 g/mol. The van der Waals surface area contributed by atoms with Crippen molar-refractivity contribution in [2.45, 2.75) is 18.6 Å². The Hall–Kier alpha value is -2.27. The number of carbonyl (C=O) groups is 1. The molecule has 0 aliphatic carbocycles. The minimum Gasteiger partial charge on any atom is -0.461 e. The molecular formula is C18H18N2O2S. The molecular weight excluding hydrogens is 308 g/mol. The lowest BCUT2D eigenvalue weighted by Crippen LogP contribution is -2.07. The molecule has 2 aromatic rings. The van der Waals surface area contributed by atoms with Crippen LogP contribution in [0, 0.1) is 0 Å². The first-order chi connectivity index (χ1) is 11.3. The molecule has 0 bridgehead atoms. The maximum absolute atomic E-state index is 12.1. The highest BCUT2D eigenvalue weighted by Crippen LogP contribution is 2.37. The van der Waals surface area contributed by atoms with Gasteiger partial charge in [-0.25, -0.2) is 9.78 Å². The molecule has 118 valence electrons. The zero-order valence-electron chi connectivity index (χ0n) is 12.9. The number of esters is 1. The number of hydrogen-bond acceptors (Lipinski definition) is 4. The van der Waals surface area contributed by atoms with Crippen molar-refractivity contribution in [2.24, 2.45) is 0 Å². The predicted molar refractivity (Wildman–Crippen MR) is 94.0 cm³/mol. The first-order valence-corrected chi connectivity index (χ1v) is 8.53. The molecule has 2 heterocycles. The highest BCUT2D eigenvalue weighted by molar-refractivity contribution is 8.02. The van der Waals surface area contributed by atoms with E-state index in [0.29, 0.717) is 18.0 Å². The summed E-state index contributed by atoms with van der Waals surface area (Å²) < 4.78 is 5.12. The van der Waals surface area contributed by atoms with E-state index >= 15 is 0 Å². The van der Waals surface area contributed by atoms with Gasteiger partial charge in [-0.2, -0.15) is 0 Å². The second-order valence-electron chi connectivity index (χ2n) is 5.08. The van der Waals surface area contributed by atoms with Gasteiger partial charge in [0.1, 0.15) is 5.82 Å². The minimum absolute atomic E-state index is 0.238. The summed E-state index contributed by atoms with van der Waals surface area (Å²) in [4.78, 5) is 19.9. The van der Waals surface area contributed by atoms with E-state index in [2.05, 4.69) is 21.5 Å². The molecule has 0 amide bonds. The molecule has 5 heteroatoms. The number of aromatic amines is 1. The molecule has 1 aromatic carbocycles. The molecule has 23 heavy (non-hydrogen) atoms. The molecule has 4 nitrogen and oxygen atoms in total. The number of nitrogens with one attached hydrogen (secondary N) is 1. The van der Waals surface area contributed by atoms with E-state index in [-0.39, 0.29) is 5.25 Å². The van der Waals surface area contributed by atoms with E-state index in [1.54, 1.807) is 18.7 Å². The number of nitrogens with zero attached hydrogens (tertiary/aromatic N) is 1. The van der Waals surface area contributed by atoms with E-state index in [0.717, 1.165) is 17.8 Å². The fourth-order valence-electron chi connectivity index (χ4n) is 2.34. The Morgan fingerprint density at radius 3 is 2.91 bits per heavy atom. The van der Waals surface area contributed by atoms with Crippen LogP contribution < -0.4 is 0 Å². The smallest absolute Gasteiger partial charge is 0.359 e. The Labute approximate surface area is 139 Å². The van der Waals surface area contributed by atoms with Crippen LogP contribution in [0.5, 0.6) is 0 Å². The number of H-pyrrole nitrogens is 1. The molecule has 1 aromatic heterocycles. The fraction of sp³-hybridized carbons (Fsp3) is 0.222. The number of ether oxygens (including phenoxy) is 1. The van der Waals surface area contributed by atoms with Crippen molar-refractivity contribution in [3.05, 3.63) is 64.6 Å². The highest BCUT2D eigenvalue weighted by atomic mass is 32.2. The van der Waals surface area contributed by atoms with Gasteiger partial charge in [0.15, 0.2) is 5.69 Å². The molecule has 1 atom stereocenters. The lowest BCUT2D eigenvalue weighted by molar-refractivity contribution is 0.0519. The molecule has 3 rings (SSSR count). The largest absolute Gasteiger partial charge is 0.461 e. The second-order valence-corrected chi connectivity index (χ2v) is 6.19. The van der Waals surface area contributed by atoms with Gasteiger partial charge >= 0.3 is 5.97 Å². The van der Waals surface area contributed by atoms with E-state index in [1.807, 2.05) is 42.5 Å². The molecule has 0 saturated heterocycles. The van der Waals surface area contributed by atoms with Gasteiger partial charge in [-0.05, 0) is 30.4 Å². The van der Waals surface area contributed by atoms with E-state index in [4.69, 9.17) is 4.74 Å². The normalized spacial score (nSPS) is 17.0. The van der Waals surface area contributed by atoms with Crippen molar-refractivity contribution in [3.8, 4) is 0 Å². The first kappa shape index (κ1) is 15.6. The van der Waals surface area contributed by atoms with Crippen molar-refractivity contribution in [2.75, 3.05) is 6.61 Å². The Morgan fingerprint density at radius 1 is 1.39 bits per heavy atom. The van der Waals surface area contributed by atoms with Gasteiger partial charge in [0, 0.05) is 0 Å². The number of benzene rings is 1. The zero-order valence-corrected chi connectivity index (χ0v) is 13.7. The summed E-state index contributed by atoms with van der Waals surface area (Å²) in [6, 6.07) is 9.94. The lowest BCUT2D eigenvalue weighted by Gasteiger charge is -2.02. The Morgan fingerprint density at radius 2 is 2.22 bits per heavy atom. The van der Waals surface area contributed by atoms with Crippen LogP contribution in [0.15, 0.2) is 41.8 Å². The molecule has 1 aliphatic rings. The summed E-state index contributed by atoms with van der Waals surface area (Å²) in [5, 5.41) is 2.30. The highest BCUT2D eigenvalue weighted by Gasteiger charge is 2.23. The SMILES string of the molecule is CCOC(=O)c1nc(C2CC=CS2)[nH]c1/C=C\c1ccccc1. The maximum Gasteiger partial charge on any atom is 0.359 e. The average Bonchev–Trinajstić information content (AvgIpc) is 3.23. The van der Waals surface area contributed by atoms with Crippen molar-refractivity contribution in [3.63, 3.8) is 0 Å². The van der Waals surface area contributed by atoms with Gasteiger partial charge in [-0.15, -0.1) is 11.8 Å². The Bertz CT molecular complexity index is 727. The van der Waals surface area contributed by atoms with Crippen LogP contribution in [-0.4, -0.2) is 22.5 Å². The van der Waals surface area contributed by atoms with Crippen molar-refractivity contribution in [1.82, 2.24) is 9.97 Å². The van der Waals surface area contributed by atoms with Gasteiger partial charge in [-0.3, -0.25) is 0 Å². The van der Waals surface area contributed by atoms with Crippen LogP contribution in [0.2, 0.25) is 0 Å². The number of allylic oxidation sites excluding steroid dienone is 1. The summed E-state index contributed by atoms with van der Waals surface area (Å²) in [6.45, 7) is 2.13. The fourth-order valence-corrected chi connectivity index (χ4v) is 3.21. The van der Waals surface area contributed by atoms with Gasteiger partial charge in [-0.1, -0.05) is 42.5 Å². The third-order valence-corrected chi connectivity index (χ3v) is 4.55. The van der Waals surface area contributed by atoms with E-state index in [9.17, 15) is 4.79 Å². The standard InChI is InChI=1S/C18H18N2O2S/c1-2-22-18(21)16-14(11-10-13-7-4-3-5-8-13)19-17(20-16)15-9-6-12-23-15/h3-8,10-12,15H,2,9H2,1H3,(H,19,20)/b11-10-. The summed E-state index contributed by atoms with van der Waals surface area (Å²) >= 11 is 1.71. The Balaban J connectivity index is 1.89. The van der Waals surface area contributed by atoms with Crippen molar-refractivity contribution in [1.29, 1.82) is 0 Å². The first-order valence-electron chi connectivity index (χ1n) is 7.58. The molecule has 1 N–H and O–H groups in total. The summed E-state index contributed by atoms with van der Waals surface area (Å²) in [5.74, 6) is 0.425. The van der Waals surface area contributed by atoms with Crippen LogP contribution >= 0.6 is 11.8 Å². The van der Waals surface area contributed by atoms with Crippen LogP contribution in [0.25, 0.3) is 12.2 Å². The number of aromatic nitrogens is 2. The maximum atomic E-state index is 12.1. The van der Waals surface area contributed by atoms with Crippen LogP contribution in [0.1, 0.15) is 46.2 Å². The van der Waals surface area contributed by atoms with Gasteiger partial charge in [0.2, 0.25) is 0 Å². The van der Waals surface area contributed by atoms with E-state index < -0.39 is 5.97 Å². The predicted octanol–water partition coefficient (Wildman–Crippen LogP) is 4.45. The number of imidazole rings is 1. The molecule has 0 radical (unpaired) electrons. The summed E-state index contributed by atoms with van der Waals surface area (Å²) in [6.07, 6.45) is 6.87. The summed E-state index contributed by atoms with van der Waals surface area (Å²) in [5.41, 5.74) is 2.10. The van der Waals surface area contributed by atoms with Gasteiger partial charge in [0.05, 0.1) is 17.6 Å². The molecule has 0 fully saturated rings. The quantitative estimate of drug-likeness (QED) is 0.825. The van der Waals surface area contributed by atoms with Crippen LogP contribution in [0.4, 0.5) is 0 Å². The van der Waals surface area contributed by atoms with Crippen LogP contribution in [0.3, 0.4) is 0 Å². The van der Waals surface area contributed by atoms with Crippen molar-refractivity contribution >= 4 is 29.9 Å². The minimum atomic E-state index is -0.390. The van der Waals surface area contributed by atoms with Crippen LogP contribution in [-0.2, 0) is 4.74 Å². The topological polar surface area (TPSA) is 55.0 Å². The molecule has 0 spiro atoms. The lowest BCUT2D eigenvalue weighted by atomic mass is 10.2. The third kappa shape index (κ3) is 3.74. The average molecular weight is 326 g/mol. The molecule has 1 unspecified atom stereocenters. The van der Waals surface area contributed by atoms with Gasteiger partial charge in [0.25, 0.3) is 0 Å². The van der Waals surface area contributed by atoms with Crippen molar-refractivity contribution < 1.29 is 9.53 Å². The molecule has 0 saturated carbocycles. The number of hydrogen-bond donors (Lipinski definition) is 1. The number of rotatable bonds is 5. The molecule has 1 aliphatic heterocycles. The van der Waals surface area contributed by atoms with E-state index in [1.165, 1.54) is 0 Å². The summed E-state index contributed by atoms with van der Waals surface area (Å²) in [7, 11) is 0. The number of carbonyl (C=O) groups excluding carboxylic acids is 1. The van der Waals surface area contributed by atoms with Gasteiger partial charge < -0.3 is 9.72 Å². The third-order valence-electron chi connectivity index (χ3n) is 3.46. The second kappa shape index (κ2) is 7.33. The zero-order chi connectivity index (χ0) is 16.1. The Kier molecular flexibility index (Phi) is 4.98.